The standard InChI is InChI=1S/C21H20N6O2S/c1-30-9-8-29-26-21(28)17-10-19(16-5-3-7-23-12-16)25-20-18(17)13-24-27(20)14-15-4-2-6-22-11-15/h2-7,10-13H,8-9,14H2,1H3,(H,26,28). The number of nitrogens with zero attached hydrogens (tertiary/aromatic N) is 5. The van der Waals surface area contributed by atoms with Gasteiger partial charge in [0.1, 0.15) is 0 Å². The number of pyridine rings is 3. The van der Waals surface area contributed by atoms with Gasteiger partial charge in [0.2, 0.25) is 0 Å². The number of thioether (sulfide) groups is 1. The summed E-state index contributed by atoms with van der Waals surface area (Å²) in [5, 5.41) is 5.12. The Morgan fingerprint density at radius 2 is 2.00 bits per heavy atom. The highest BCUT2D eigenvalue weighted by atomic mass is 32.2. The third kappa shape index (κ3) is 4.47. The van der Waals surface area contributed by atoms with E-state index in [0.29, 0.717) is 35.4 Å². The number of hydrogen-bond acceptors (Lipinski definition) is 7. The monoisotopic (exact) mass is 420 g/mol. The lowest BCUT2D eigenvalue weighted by Crippen LogP contribution is -2.25. The SMILES string of the molecule is CSCCONC(=O)c1cc(-c2cccnc2)nc2c1cnn2Cc1cccnc1. The predicted octanol–water partition coefficient (Wildman–Crippen LogP) is 2.96. The number of hydroxylamine groups is 1. The maximum atomic E-state index is 12.8. The van der Waals surface area contributed by atoms with Crippen LogP contribution < -0.4 is 5.48 Å². The molecule has 1 amide bonds. The smallest absolute Gasteiger partial charge is 0.273 e. The highest BCUT2D eigenvalue weighted by Crippen LogP contribution is 2.25. The Balaban J connectivity index is 1.74. The third-order valence-corrected chi connectivity index (χ3v) is 5.00. The van der Waals surface area contributed by atoms with Gasteiger partial charge in [0.15, 0.2) is 5.65 Å². The van der Waals surface area contributed by atoms with E-state index in [-0.39, 0.29) is 5.91 Å². The Morgan fingerprint density at radius 1 is 1.17 bits per heavy atom. The van der Waals surface area contributed by atoms with Crippen LogP contribution in [0.4, 0.5) is 0 Å². The van der Waals surface area contributed by atoms with Gasteiger partial charge in [-0.25, -0.2) is 15.1 Å². The molecule has 8 nitrogen and oxygen atoms in total. The molecule has 4 heterocycles. The third-order valence-electron chi connectivity index (χ3n) is 4.42. The lowest BCUT2D eigenvalue weighted by atomic mass is 10.1. The molecule has 0 saturated heterocycles. The number of amides is 1. The van der Waals surface area contributed by atoms with Crippen molar-refractivity contribution in [1.29, 1.82) is 0 Å². The number of fused-ring (bicyclic) bond motifs is 1. The molecule has 4 aromatic rings. The molecular weight excluding hydrogens is 400 g/mol. The van der Waals surface area contributed by atoms with Gasteiger partial charge in [0.25, 0.3) is 5.91 Å². The van der Waals surface area contributed by atoms with Gasteiger partial charge in [-0.3, -0.25) is 19.6 Å². The molecule has 30 heavy (non-hydrogen) atoms. The Labute approximate surface area is 177 Å². The summed E-state index contributed by atoms with van der Waals surface area (Å²) in [6.07, 6.45) is 10.6. The lowest BCUT2D eigenvalue weighted by Gasteiger charge is -2.10. The van der Waals surface area contributed by atoms with Crippen molar-refractivity contribution in [2.45, 2.75) is 6.54 Å². The van der Waals surface area contributed by atoms with Crippen LogP contribution >= 0.6 is 11.8 Å². The van der Waals surface area contributed by atoms with Gasteiger partial charge >= 0.3 is 0 Å². The highest BCUT2D eigenvalue weighted by molar-refractivity contribution is 7.98. The van der Waals surface area contributed by atoms with Crippen molar-refractivity contribution in [3.8, 4) is 11.3 Å². The van der Waals surface area contributed by atoms with Crippen molar-refractivity contribution in [2.24, 2.45) is 0 Å². The maximum absolute atomic E-state index is 12.8. The van der Waals surface area contributed by atoms with E-state index in [9.17, 15) is 4.79 Å². The first-order valence-electron chi connectivity index (χ1n) is 9.33. The summed E-state index contributed by atoms with van der Waals surface area (Å²) in [6, 6.07) is 9.32. The van der Waals surface area contributed by atoms with Crippen molar-refractivity contribution in [1.82, 2.24) is 30.2 Å². The highest BCUT2D eigenvalue weighted by Gasteiger charge is 2.18. The maximum Gasteiger partial charge on any atom is 0.275 e. The van der Waals surface area contributed by atoms with E-state index in [1.807, 2.05) is 30.5 Å². The quantitative estimate of drug-likeness (QED) is 0.346. The van der Waals surface area contributed by atoms with E-state index in [1.54, 1.807) is 53.5 Å². The van der Waals surface area contributed by atoms with Gasteiger partial charge < -0.3 is 0 Å². The summed E-state index contributed by atoms with van der Waals surface area (Å²) in [4.78, 5) is 31.2. The van der Waals surface area contributed by atoms with Crippen LogP contribution in [-0.4, -0.2) is 49.3 Å². The van der Waals surface area contributed by atoms with Crippen LogP contribution in [0.3, 0.4) is 0 Å². The average molecular weight is 420 g/mol. The van der Waals surface area contributed by atoms with E-state index in [4.69, 9.17) is 9.82 Å². The molecule has 1 N–H and O–H groups in total. The number of nitrogens with one attached hydrogen (secondary N) is 1. The molecule has 0 aliphatic carbocycles. The van der Waals surface area contributed by atoms with Gasteiger partial charge in [0.05, 0.1) is 36.0 Å². The molecule has 0 saturated carbocycles. The average Bonchev–Trinajstić information content (AvgIpc) is 3.20. The fourth-order valence-corrected chi connectivity index (χ4v) is 3.22. The van der Waals surface area contributed by atoms with E-state index in [1.165, 1.54) is 0 Å². The van der Waals surface area contributed by atoms with Gasteiger partial charge in [-0.15, -0.1) is 0 Å². The molecule has 0 atom stereocenters. The number of hydrogen-bond donors (Lipinski definition) is 1. The fourth-order valence-electron chi connectivity index (χ4n) is 2.97. The molecule has 0 spiro atoms. The van der Waals surface area contributed by atoms with Gasteiger partial charge in [-0.2, -0.15) is 16.9 Å². The van der Waals surface area contributed by atoms with Gasteiger partial charge in [-0.1, -0.05) is 6.07 Å². The molecule has 0 aliphatic heterocycles. The Morgan fingerprint density at radius 3 is 2.73 bits per heavy atom. The summed E-state index contributed by atoms with van der Waals surface area (Å²) >= 11 is 1.64. The van der Waals surface area contributed by atoms with Crippen LogP contribution in [-0.2, 0) is 11.4 Å². The first kappa shape index (κ1) is 20.0. The second-order valence-electron chi connectivity index (χ2n) is 6.47. The molecular formula is C21H20N6O2S. The topological polar surface area (TPSA) is 94.8 Å². The van der Waals surface area contributed by atoms with Crippen molar-refractivity contribution in [3.05, 3.63) is 72.4 Å². The van der Waals surface area contributed by atoms with Crippen molar-refractivity contribution >= 4 is 28.7 Å². The molecule has 9 heteroatoms. The summed E-state index contributed by atoms with van der Waals surface area (Å²) < 4.78 is 1.76. The number of carbonyl (C=O) groups is 1. The summed E-state index contributed by atoms with van der Waals surface area (Å²) in [5.74, 6) is 0.449. The minimum absolute atomic E-state index is 0.338. The number of aromatic nitrogens is 5. The molecule has 0 fully saturated rings. The Kier molecular flexibility index (Phi) is 6.31. The normalized spacial score (nSPS) is 11.0. The van der Waals surface area contributed by atoms with Crippen molar-refractivity contribution in [3.63, 3.8) is 0 Å². The fraction of sp³-hybridized carbons (Fsp3) is 0.190. The second-order valence-corrected chi connectivity index (χ2v) is 7.46. The minimum atomic E-state index is -0.338. The van der Waals surface area contributed by atoms with Crippen LogP contribution in [0, 0.1) is 0 Å². The Bertz CT molecular complexity index is 1130. The van der Waals surface area contributed by atoms with Crippen LogP contribution in [0.5, 0.6) is 0 Å². The van der Waals surface area contributed by atoms with E-state index >= 15 is 0 Å². The molecule has 4 aromatic heterocycles. The first-order chi connectivity index (χ1) is 14.8. The van der Waals surface area contributed by atoms with Gasteiger partial charge in [-0.05, 0) is 36.1 Å². The van der Waals surface area contributed by atoms with E-state index in [0.717, 1.165) is 16.9 Å². The zero-order chi connectivity index (χ0) is 20.8. The van der Waals surface area contributed by atoms with Crippen LogP contribution in [0.2, 0.25) is 0 Å². The molecule has 152 valence electrons. The van der Waals surface area contributed by atoms with Crippen LogP contribution in [0.15, 0.2) is 61.3 Å². The zero-order valence-corrected chi connectivity index (χ0v) is 17.2. The number of carbonyl (C=O) groups excluding carboxylic acids is 1. The van der Waals surface area contributed by atoms with Crippen molar-refractivity contribution in [2.75, 3.05) is 18.6 Å². The number of rotatable bonds is 8. The van der Waals surface area contributed by atoms with Crippen LogP contribution in [0.25, 0.3) is 22.3 Å². The van der Waals surface area contributed by atoms with Crippen molar-refractivity contribution < 1.29 is 9.63 Å². The first-order valence-corrected chi connectivity index (χ1v) is 10.7. The van der Waals surface area contributed by atoms with E-state index in [2.05, 4.69) is 20.5 Å². The van der Waals surface area contributed by atoms with E-state index < -0.39 is 0 Å². The molecule has 4 rings (SSSR count). The largest absolute Gasteiger partial charge is 0.275 e. The Hall–Kier alpha value is -3.30. The molecule has 0 unspecified atom stereocenters. The summed E-state index contributed by atoms with van der Waals surface area (Å²) in [5.41, 5.74) is 6.01. The molecule has 0 aliphatic rings. The zero-order valence-electron chi connectivity index (χ0n) is 16.4. The molecule has 0 bridgehead atoms. The van der Waals surface area contributed by atoms with Gasteiger partial charge in [0, 0.05) is 36.1 Å². The van der Waals surface area contributed by atoms with Crippen LogP contribution in [0.1, 0.15) is 15.9 Å². The minimum Gasteiger partial charge on any atom is -0.273 e. The molecule has 0 aromatic carbocycles. The summed E-state index contributed by atoms with van der Waals surface area (Å²) in [7, 11) is 0. The summed E-state index contributed by atoms with van der Waals surface area (Å²) in [6.45, 7) is 0.920. The second kappa shape index (κ2) is 9.47. The predicted molar refractivity (Wildman–Crippen MR) is 116 cm³/mol. The lowest BCUT2D eigenvalue weighted by molar-refractivity contribution is 0.0376. The molecule has 0 radical (unpaired) electrons.